The van der Waals surface area contributed by atoms with E-state index in [0.29, 0.717) is 11.1 Å². The summed E-state index contributed by atoms with van der Waals surface area (Å²) in [5, 5.41) is 12.8. The van der Waals surface area contributed by atoms with Crippen molar-refractivity contribution in [2.75, 3.05) is 0 Å². The molecule has 23 heavy (non-hydrogen) atoms. The van der Waals surface area contributed by atoms with Crippen molar-refractivity contribution in [3.05, 3.63) is 80.3 Å². The molecule has 0 aliphatic heterocycles. The summed E-state index contributed by atoms with van der Waals surface area (Å²) in [5.74, 6) is -1.11. The Kier molecular flexibility index (Phi) is 5.37. The number of carbonyl (C=O) groups excluding carboxylic acids is 2. The normalized spacial score (nSPS) is 10.9. The number of nitro benzene ring substituents is 1. The first kappa shape index (κ1) is 16.6. The smallest absolute Gasteiger partial charge is 0.269 e. The minimum Gasteiger partial charge on any atom is -0.288 e. The van der Waals surface area contributed by atoms with E-state index in [1.54, 1.807) is 30.3 Å². The Morgan fingerprint density at radius 2 is 1.65 bits per heavy atom. The van der Waals surface area contributed by atoms with Crippen molar-refractivity contribution in [3.63, 3.8) is 0 Å². The molecule has 0 aliphatic carbocycles. The number of imide groups is 1. The fourth-order valence-corrected chi connectivity index (χ4v) is 2.09. The van der Waals surface area contributed by atoms with Gasteiger partial charge in [-0.15, -0.1) is 0 Å². The van der Waals surface area contributed by atoms with Crippen molar-refractivity contribution >= 4 is 39.5 Å². The van der Waals surface area contributed by atoms with Gasteiger partial charge in [-0.2, -0.15) is 0 Å². The van der Waals surface area contributed by atoms with Crippen molar-refractivity contribution in [3.8, 4) is 0 Å². The van der Waals surface area contributed by atoms with Gasteiger partial charge in [0.25, 0.3) is 17.5 Å². The number of amides is 2. The molecular weight excluding hydrogens is 364 g/mol. The Bertz CT molecular complexity index is 770. The summed E-state index contributed by atoms with van der Waals surface area (Å²) in [5.41, 5.74) is 0.920. The number of carbonyl (C=O) groups is 2. The van der Waals surface area contributed by atoms with E-state index in [9.17, 15) is 19.7 Å². The van der Waals surface area contributed by atoms with Crippen LogP contribution in [0.2, 0.25) is 0 Å². The standard InChI is InChI=1S/C16H11BrN2O4/c17-14(10-11-6-8-13(9-7-11)19(22)23)16(21)18-15(20)12-4-2-1-3-5-12/h1-10H,(H,18,20,21)/b14-10-. The van der Waals surface area contributed by atoms with E-state index in [4.69, 9.17) is 0 Å². The zero-order valence-corrected chi connectivity index (χ0v) is 13.3. The van der Waals surface area contributed by atoms with E-state index in [-0.39, 0.29) is 10.2 Å². The van der Waals surface area contributed by atoms with Gasteiger partial charge in [0.2, 0.25) is 0 Å². The lowest BCUT2D eigenvalue weighted by Gasteiger charge is -2.03. The molecule has 6 nitrogen and oxygen atoms in total. The lowest BCUT2D eigenvalue weighted by molar-refractivity contribution is -0.384. The molecule has 0 aliphatic rings. The number of hydrogen-bond acceptors (Lipinski definition) is 4. The number of hydrogen-bond donors (Lipinski definition) is 1. The van der Waals surface area contributed by atoms with E-state index in [1.807, 2.05) is 0 Å². The molecule has 1 N–H and O–H groups in total. The lowest BCUT2D eigenvalue weighted by Crippen LogP contribution is -2.30. The Labute approximate surface area is 140 Å². The highest BCUT2D eigenvalue weighted by molar-refractivity contribution is 9.12. The van der Waals surface area contributed by atoms with E-state index >= 15 is 0 Å². The summed E-state index contributed by atoms with van der Waals surface area (Å²) in [6, 6.07) is 14.0. The fraction of sp³-hybridized carbons (Fsp3) is 0. The summed E-state index contributed by atoms with van der Waals surface area (Å²) >= 11 is 3.09. The number of non-ortho nitro benzene ring substituents is 1. The van der Waals surface area contributed by atoms with Gasteiger partial charge in [-0.1, -0.05) is 18.2 Å². The highest BCUT2D eigenvalue weighted by atomic mass is 79.9. The zero-order chi connectivity index (χ0) is 16.8. The largest absolute Gasteiger partial charge is 0.288 e. The minimum absolute atomic E-state index is 0.0398. The van der Waals surface area contributed by atoms with Crippen LogP contribution in [0, 0.1) is 10.1 Å². The number of nitrogens with zero attached hydrogens (tertiary/aromatic N) is 1. The maximum absolute atomic E-state index is 12.0. The van der Waals surface area contributed by atoms with Gasteiger partial charge in [-0.3, -0.25) is 25.0 Å². The molecule has 0 unspecified atom stereocenters. The van der Waals surface area contributed by atoms with Gasteiger partial charge < -0.3 is 0 Å². The third-order valence-corrected chi connectivity index (χ3v) is 3.47. The van der Waals surface area contributed by atoms with Gasteiger partial charge in [0.1, 0.15) is 0 Å². The summed E-state index contributed by atoms with van der Waals surface area (Å²) in [6.07, 6.45) is 1.47. The van der Waals surface area contributed by atoms with Gasteiger partial charge in [-0.25, -0.2) is 0 Å². The molecule has 2 amide bonds. The quantitative estimate of drug-likeness (QED) is 0.505. The van der Waals surface area contributed by atoms with Crippen LogP contribution in [-0.2, 0) is 4.79 Å². The maximum Gasteiger partial charge on any atom is 0.269 e. The Balaban J connectivity index is 2.06. The molecule has 0 radical (unpaired) electrons. The first-order valence-corrected chi connectivity index (χ1v) is 7.29. The number of halogens is 1. The molecular formula is C16H11BrN2O4. The van der Waals surface area contributed by atoms with Gasteiger partial charge >= 0.3 is 0 Å². The SMILES string of the molecule is O=C(NC(=O)c1ccccc1)/C(Br)=C/c1ccc([N+](=O)[O-])cc1. The topological polar surface area (TPSA) is 89.3 Å². The summed E-state index contributed by atoms with van der Waals surface area (Å²) in [4.78, 5) is 33.9. The average Bonchev–Trinajstić information content (AvgIpc) is 2.56. The van der Waals surface area contributed by atoms with Crippen LogP contribution in [0.4, 0.5) is 5.69 Å². The van der Waals surface area contributed by atoms with Gasteiger partial charge in [0.05, 0.1) is 9.41 Å². The van der Waals surface area contributed by atoms with Crippen LogP contribution in [0.15, 0.2) is 59.1 Å². The summed E-state index contributed by atoms with van der Waals surface area (Å²) < 4.78 is 0.135. The predicted molar refractivity (Wildman–Crippen MR) is 88.9 cm³/mol. The average molecular weight is 375 g/mol. The van der Waals surface area contributed by atoms with Crippen LogP contribution >= 0.6 is 15.9 Å². The number of nitrogens with one attached hydrogen (secondary N) is 1. The molecule has 116 valence electrons. The van der Waals surface area contributed by atoms with Crippen LogP contribution < -0.4 is 5.32 Å². The number of rotatable bonds is 4. The highest BCUT2D eigenvalue weighted by Gasteiger charge is 2.12. The molecule has 0 fully saturated rings. The predicted octanol–water partition coefficient (Wildman–Crippen LogP) is 3.29. The first-order valence-electron chi connectivity index (χ1n) is 6.50. The van der Waals surface area contributed by atoms with Gasteiger partial charge in [-0.05, 0) is 51.8 Å². The second-order valence-corrected chi connectivity index (χ2v) is 5.34. The third kappa shape index (κ3) is 4.58. The molecule has 0 saturated heterocycles. The van der Waals surface area contributed by atoms with Crippen molar-refractivity contribution in [1.82, 2.24) is 5.32 Å². The monoisotopic (exact) mass is 374 g/mol. The van der Waals surface area contributed by atoms with E-state index in [1.165, 1.54) is 30.3 Å². The fourth-order valence-electron chi connectivity index (χ4n) is 1.73. The van der Waals surface area contributed by atoms with Gasteiger partial charge in [0, 0.05) is 17.7 Å². The lowest BCUT2D eigenvalue weighted by atomic mass is 10.2. The van der Waals surface area contributed by atoms with E-state index in [2.05, 4.69) is 21.2 Å². The zero-order valence-electron chi connectivity index (χ0n) is 11.7. The second-order valence-electron chi connectivity index (χ2n) is 4.49. The van der Waals surface area contributed by atoms with Crippen LogP contribution in [0.25, 0.3) is 6.08 Å². The Hall–Kier alpha value is -2.80. The molecule has 2 aromatic rings. The minimum atomic E-state index is -0.600. The van der Waals surface area contributed by atoms with Crippen molar-refractivity contribution in [2.45, 2.75) is 0 Å². The number of benzene rings is 2. The second kappa shape index (κ2) is 7.46. The van der Waals surface area contributed by atoms with E-state index < -0.39 is 16.7 Å². The molecule has 2 aromatic carbocycles. The Morgan fingerprint density at radius 3 is 2.22 bits per heavy atom. The van der Waals surface area contributed by atoms with Crippen LogP contribution in [0.1, 0.15) is 15.9 Å². The van der Waals surface area contributed by atoms with E-state index in [0.717, 1.165) is 0 Å². The van der Waals surface area contributed by atoms with Crippen molar-refractivity contribution < 1.29 is 14.5 Å². The van der Waals surface area contributed by atoms with Crippen LogP contribution in [0.3, 0.4) is 0 Å². The summed E-state index contributed by atoms with van der Waals surface area (Å²) in [6.45, 7) is 0. The summed E-state index contributed by atoms with van der Waals surface area (Å²) in [7, 11) is 0. The van der Waals surface area contributed by atoms with Crippen molar-refractivity contribution in [2.24, 2.45) is 0 Å². The van der Waals surface area contributed by atoms with Gasteiger partial charge in [0.15, 0.2) is 0 Å². The molecule has 2 rings (SSSR count). The first-order chi connectivity index (χ1) is 11.0. The molecule has 7 heteroatoms. The molecule has 0 bridgehead atoms. The maximum atomic E-state index is 12.0. The third-order valence-electron chi connectivity index (χ3n) is 2.88. The molecule has 0 saturated carbocycles. The van der Waals surface area contributed by atoms with Crippen LogP contribution in [-0.4, -0.2) is 16.7 Å². The highest BCUT2D eigenvalue weighted by Crippen LogP contribution is 2.16. The van der Waals surface area contributed by atoms with Crippen molar-refractivity contribution in [1.29, 1.82) is 0 Å². The Morgan fingerprint density at radius 1 is 1.04 bits per heavy atom. The number of nitro groups is 1. The molecule has 0 spiro atoms. The van der Waals surface area contributed by atoms with Crippen LogP contribution in [0.5, 0.6) is 0 Å². The molecule has 0 heterocycles. The molecule has 0 atom stereocenters. The molecule has 0 aromatic heterocycles.